The molecule has 0 bridgehead atoms. The summed E-state index contributed by atoms with van der Waals surface area (Å²) < 4.78 is 15.6. The molecule has 1 aromatic heterocycles. The number of benzene rings is 2. The van der Waals surface area contributed by atoms with Crippen LogP contribution in [0.2, 0.25) is 0 Å². The Morgan fingerprint density at radius 3 is 2.26 bits per heavy atom. The van der Waals surface area contributed by atoms with Crippen LogP contribution in [-0.2, 0) is 11.3 Å². The Balaban J connectivity index is 1.25. The molecule has 3 aliphatic rings. The minimum absolute atomic E-state index is 0.0413. The van der Waals surface area contributed by atoms with Gasteiger partial charge in [0.25, 0.3) is 5.91 Å². The Labute approximate surface area is 247 Å². The molecule has 1 unspecified atom stereocenters. The van der Waals surface area contributed by atoms with Crippen molar-refractivity contribution in [3.05, 3.63) is 86.2 Å². The van der Waals surface area contributed by atoms with Gasteiger partial charge in [0, 0.05) is 43.4 Å². The van der Waals surface area contributed by atoms with Crippen molar-refractivity contribution in [2.75, 3.05) is 26.2 Å². The van der Waals surface area contributed by atoms with Crippen LogP contribution in [0.15, 0.2) is 63.7 Å². The first-order valence-corrected chi connectivity index (χ1v) is 14.3. The fraction of sp³-hybridized carbons (Fsp3) is 0.419. The second-order valence-corrected chi connectivity index (χ2v) is 12.5. The quantitative estimate of drug-likeness (QED) is 0.455. The molecule has 0 aliphatic carbocycles. The van der Waals surface area contributed by atoms with Gasteiger partial charge in [0.1, 0.15) is 28.7 Å². The summed E-state index contributed by atoms with van der Waals surface area (Å²) in [7, 11) is 0. The van der Waals surface area contributed by atoms with E-state index in [4.69, 9.17) is 9.47 Å². The largest absolute Gasteiger partial charge is 0.508 e. The van der Waals surface area contributed by atoms with Gasteiger partial charge in [-0.15, -0.1) is 0 Å². The van der Waals surface area contributed by atoms with Gasteiger partial charge in [0.15, 0.2) is 0 Å². The molecule has 0 radical (unpaired) electrons. The molecule has 1 N–H and O–H groups in total. The number of nitrogens with zero attached hydrogens (tertiary/aromatic N) is 5. The third kappa shape index (κ3) is 4.90. The molecule has 2 amide bonds. The number of hydrogen-bond donors (Lipinski definition) is 1. The standard InChI is InChI=1S/C31H35N5O7/c1-30(2,3)43-29(41)33-16-14-32(15-17-33)26(38)19-6-8-20(9-7-19)35-27(39)34-13-12-23-25(36(34)28(35)40)22-11-10-21(37)18-24(22)42-31(23,4)5/h6-12,18,25,37H,13-17H2,1-5H3. The number of aromatic nitrogens is 3. The van der Waals surface area contributed by atoms with E-state index in [9.17, 15) is 24.3 Å². The molecule has 226 valence electrons. The summed E-state index contributed by atoms with van der Waals surface area (Å²) in [5.74, 6) is 0.288. The van der Waals surface area contributed by atoms with E-state index in [2.05, 4.69) is 0 Å². The summed E-state index contributed by atoms with van der Waals surface area (Å²) in [6.45, 7) is 10.9. The number of allylic oxidation sites excluding steroid dienone is 1. The molecule has 0 spiro atoms. The van der Waals surface area contributed by atoms with Crippen molar-refractivity contribution in [2.45, 2.75) is 58.4 Å². The summed E-state index contributed by atoms with van der Waals surface area (Å²) in [4.78, 5) is 56.3. The summed E-state index contributed by atoms with van der Waals surface area (Å²) in [6.07, 6.45) is 1.51. The van der Waals surface area contributed by atoms with Crippen molar-refractivity contribution in [3.63, 3.8) is 0 Å². The van der Waals surface area contributed by atoms with Gasteiger partial charge in [-0.05, 0) is 76.6 Å². The molecule has 43 heavy (non-hydrogen) atoms. The number of ether oxygens (including phenoxy) is 2. The van der Waals surface area contributed by atoms with Gasteiger partial charge in [-0.1, -0.05) is 6.08 Å². The van der Waals surface area contributed by atoms with Gasteiger partial charge in [-0.2, -0.15) is 0 Å². The normalized spacial score (nSPS) is 19.0. The van der Waals surface area contributed by atoms with Crippen LogP contribution in [0.1, 0.15) is 56.6 Å². The highest BCUT2D eigenvalue weighted by Crippen LogP contribution is 2.46. The third-order valence-electron chi connectivity index (χ3n) is 8.03. The van der Waals surface area contributed by atoms with E-state index >= 15 is 0 Å². The van der Waals surface area contributed by atoms with Gasteiger partial charge in [-0.25, -0.2) is 28.3 Å². The first kappa shape index (κ1) is 28.4. The summed E-state index contributed by atoms with van der Waals surface area (Å²) in [6, 6.07) is 10.5. The van der Waals surface area contributed by atoms with Gasteiger partial charge in [0.2, 0.25) is 0 Å². The van der Waals surface area contributed by atoms with Crippen LogP contribution in [0.4, 0.5) is 4.79 Å². The number of rotatable bonds is 2. The summed E-state index contributed by atoms with van der Waals surface area (Å²) in [5, 5.41) is 10.0. The van der Waals surface area contributed by atoms with E-state index in [0.29, 0.717) is 48.7 Å². The van der Waals surface area contributed by atoms with E-state index in [0.717, 1.165) is 10.1 Å². The molecule has 6 rings (SSSR count). The lowest BCUT2D eigenvalue weighted by Crippen LogP contribution is -2.51. The van der Waals surface area contributed by atoms with Gasteiger partial charge >= 0.3 is 17.5 Å². The summed E-state index contributed by atoms with van der Waals surface area (Å²) in [5.41, 5.74) is -0.109. The number of fused-ring (bicyclic) bond motifs is 5. The molecular weight excluding hydrogens is 554 g/mol. The lowest BCUT2D eigenvalue weighted by Gasteiger charge is -2.42. The molecule has 1 fully saturated rings. The number of piperazine rings is 1. The van der Waals surface area contributed by atoms with E-state index in [1.54, 1.807) is 40.1 Å². The van der Waals surface area contributed by atoms with Crippen molar-refractivity contribution in [1.82, 2.24) is 23.7 Å². The number of phenolic OH excluding ortho intramolecular Hbond substituents is 1. The van der Waals surface area contributed by atoms with E-state index in [1.807, 2.05) is 40.7 Å². The smallest absolute Gasteiger partial charge is 0.410 e. The van der Waals surface area contributed by atoms with Crippen LogP contribution < -0.4 is 16.1 Å². The van der Waals surface area contributed by atoms with Crippen molar-refractivity contribution in [1.29, 1.82) is 0 Å². The zero-order chi connectivity index (χ0) is 30.8. The van der Waals surface area contributed by atoms with Crippen LogP contribution >= 0.6 is 0 Å². The number of carbonyl (C=O) groups is 2. The second kappa shape index (κ2) is 9.92. The number of aromatic hydroxyl groups is 1. The molecule has 12 nitrogen and oxygen atoms in total. The number of amides is 2. The fourth-order valence-corrected chi connectivity index (χ4v) is 5.96. The predicted octanol–water partition coefficient (Wildman–Crippen LogP) is 2.90. The molecular formula is C31H35N5O7. The lowest BCUT2D eigenvalue weighted by molar-refractivity contribution is 0.0141. The zero-order valence-corrected chi connectivity index (χ0v) is 24.9. The van der Waals surface area contributed by atoms with Crippen molar-refractivity contribution < 1.29 is 24.2 Å². The third-order valence-corrected chi connectivity index (χ3v) is 8.03. The van der Waals surface area contributed by atoms with E-state index in [-0.39, 0.29) is 18.2 Å². The Kier molecular flexibility index (Phi) is 6.55. The maximum Gasteiger partial charge on any atom is 0.410 e. The first-order chi connectivity index (χ1) is 20.2. The fourth-order valence-electron chi connectivity index (χ4n) is 5.96. The topological polar surface area (TPSA) is 128 Å². The maximum atomic E-state index is 13.9. The number of phenols is 1. The Hall–Kier alpha value is -4.74. The van der Waals surface area contributed by atoms with Crippen LogP contribution in [-0.4, -0.2) is 78.2 Å². The highest BCUT2D eigenvalue weighted by molar-refractivity contribution is 5.94. The Morgan fingerprint density at radius 1 is 0.953 bits per heavy atom. The average molecular weight is 590 g/mol. The van der Waals surface area contributed by atoms with E-state index < -0.39 is 34.7 Å². The van der Waals surface area contributed by atoms with Crippen molar-refractivity contribution in [2.24, 2.45) is 0 Å². The van der Waals surface area contributed by atoms with Crippen molar-refractivity contribution >= 4 is 12.0 Å². The minimum Gasteiger partial charge on any atom is -0.508 e. The lowest BCUT2D eigenvalue weighted by atomic mass is 9.83. The summed E-state index contributed by atoms with van der Waals surface area (Å²) >= 11 is 0. The average Bonchev–Trinajstić information content (AvgIpc) is 3.21. The van der Waals surface area contributed by atoms with Crippen LogP contribution in [0.25, 0.3) is 5.69 Å². The molecule has 4 heterocycles. The van der Waals surface area contributed by atoms with Crippen LogP contribution in [0, 0.1) is 0 Å². The van der Waals surface area contributed by atoms with Gasteiger partial charge in [0.05, 0.1) is 12.2 Å². The molecule has 3 aliphatic heterocycles. The second-order valence-electron chi connectivity index (χ2n) is 12.5. The number of carbonyl (C=O) groups excluding carboxylic acids is 2. The zero-order valence-electron chi connectivity index (χ0n) is 24.9. The van der Waals surface area contributed by atoms with Crippen LogP contribution in [0.5, 0.6) is 11.5 Å². The minimum atomic E-state index is -0.769. The molecule has 1 atom stereocenters. The molecule has 0 saturated carbocycles. The van der Waals surface area contributed by atoms with Gasteiger partial charge < -0.3 is 24.4 Å². The number of hydrogen-bond acceptors (Lipinski definition) is 7. The first-order valence-electron chi connectivity index (χ1n) is 14.3. The monoisotopic (exact) mass is 589 g/mol. The predicted molar refractivity (Wildman–Crippen MR) is 157 cm³/mol. The van der Waals surface area contributed by atoms with E-state index in [1.165, 1.54) is 21.5 Å². The van der Waals surface area contributed by atoms with Crippen molar-refractivity contribution in [3.8, 4) is 17.2 Å². The SMILES string of the molecule is CC(C)(C)OC(=O)N1CCN(C(=O)c2ccc(-n3c(=O)n4n(c3=O)C3C(=CC4)C(C)(C)Oc4cc(O)ccc43)cc2)CC1. The molecule has 1 saturated heterocycles. The van der Waals surface area contributed by atoms with Gasteiger partial charge in [-0.3, -0.25) is 4.79 Å². The molecule has 2 aromatic carbocycles. The Morgan fingerprint density at radius 2 is 1.60 bits per heavy atom. The molecule has 3 aromatic rings. The van der Waals surface area contributed by atoms with Crippen LogP contribution in [0.3, 0.4) is 0 Å². The highest BCUT2D eigenvalue weighted by Gasteiger charge is 2.44. The maximum absolute atomic E-state index is 13.9. The molecule has 12 heteroatoms. The Bertz CT molecular complexity index is 1760. The highest BCUT2D eigenvalue weighted by atomic mass is 16.6.